The summed E-state index contributed by atoms with van der Waals surface area (Å²) in [6, 6.07) is 19.4. The minimum Gasteiger partial charge on any atom is -0.493 e. The minimum atomic E-state index is -0.539. The average molecular weight is 568 g/mol. The van der Waals surface area contributed by atoms with Crippen molar-refractivity contribution in [3.05, 3.63) is 92.8 Å². The average Bonchev–Trinajstić information content (AvgIpc) is 3.13. The Bertz CT molecular complexity index is 1340. The predicted molar refractivity (Wildman–Crippen MR) is 141 cm³/mol. The number of ether oxygens (including phenoxy) is 3. The number of hydrogen-bond acceptors (Lipinski definition) is 7. The molecule has 0 N–H and O–H groups in total. The second-order valence-electron chi connectivity index (χ2n) is 7.77. The highest BCUT2D eigenvalue weighted by atomic mass is 79.9. The van der Waals surface area contributed by atoms with E-state index in [1.165, 1.54) is 7.11 Å². The van der Waals surface area contributed by atoms with Crippen LogP contribution in [0.5, 0.6) is 17.2 Å². The molecule has 1 saturated heterocycles. The zero-order valence-electron chi connectivity index (χ0n) is 19.5. The Kier molecular flexibility index (Phi) is 8.12. The first-order chi connectivity index (χ1) is 17.4. The molecule has 1 fully saturated rings. The van der Waals surface area contributed by atoms with Crippen molar-refractivity contribution in [1.82, 2.24) is 4.90 Å². The van der Waals surface area contributed by atoms with E-state index < -0.39 is 5.97 Å². The van der Waals surface area contributed by atoms with E-state index in [1.807, 2.05) is 31.2 Å². The first kappa shape index (κ1) is 25.5. The molecule has 0 aromatic heterocycles. The highest BCUT2D eigenvalue weighted by Gasteiger charge is 2.34. The molecular formula is C27H22BrNO6S. The second kappa shape index (κ2) is 11.5. The van der Waals surface area contributed by atoms with Gasteiger partial charge in [-0.3, -0.25) is 14.5 Å². The predicted octanol–water partition coefficient (Wildman–Crippen LogP) is 6.10. The fourth-order valence-electron chi connectivity index (χ4n) is 3.37. The Morgan fingerprint density at radius 3 is 2.50 bits per heavy atom. The van der Waals surface area contributed by atoms with E-state index in [-0.39, 0.29) is 35.0 Å². The lowest BCUT2D eigenvalue weighted by molar-refractivity contribution is -0.123. The van der Waals surface area contributed by atoms with Crippen molar-refractivity contribution in [3.63, 3.8) is 0 Å². The summed E-state index contributed by atoms with van der Waals surface area (Å²) in [6.45, 7) is 2.32. The molecule has 3 aromatic rings. The molecule has 36 heavy (non-hydrogen) atoms. The molecule has 0 aliphatic carbocycles. The Balaban J connectivity index is 1.43. The molecule has 0 radical (unpaired) electrons. The van der Waals surface area contributed by atoms with Crippen molar-refractivity contribution < 1.29 is 28.6 Å². The highest BCUT2D eigenvalue weighted by Crippen LogP contribution is 2.35. The fraction of sp³-hybridized carbons (Fsp3) is 0.148. The van der Waals surface area contributed by atoms with Crippen LogP contribution in [-0.2, 0) is 4.79 Å². The van der Waals surface area contributed by atoms with Crippen molar-refractivity contribution in [1.29, 1.82) is 0 Å². The van der Waals surface area contributed by atoms with Crippen LogP contribution in [0.4, 0.5) is 4.79 Å². The standard InChI is InChI=1S/C27H22BrNO6S/c1-17-7-10-19(11-8-17)34-14-13-29-25(30)24(36-27(29)32)16-18-9-12-22(23(15-18)33-2)35-26(31)20-5-3-4-6-21(20)28/h3-12,15-16H,13-14H2,1-2H3/b24-16-. The molecule has 9 heteroatoms. The Labute approximate surface area is 221 Å². The number of hydrogen-bond donors (Lipinski definition) is 0. The van der Waals surface area contributed by atoms with Crippen molar-refractivity contribution >= 4 is 50.9 Å². The molecule has 0 saturated carbocycles. The third-order valence-corrected chi connectivity index (χ3v) is 6.86. The van der Waals surface area contributed by atoms with Crippen molar-refractivity contribution in [3.8, 4) is 17.2 Å². The molecule has 3 aromatic carbocycles. The summed E-state index contributed by atoms with van der Waals surface area (Å²) in [5.41, 5.74) is 2.11. The van der Waals surface area contributed by atoms with Crippen LogP contribution in [0, 0.1) is 6.92 Å². The van der Waals surface area contributed by atoms with Gasteiger partial charge in [-0.1, -0.05) is 35.9 Å². The Hall–Kier alpha value is -3.56. The molecule has 4 rings (SSSR count). The maximum atomic E-state index is 12.8. The Morgan fingerprint density at radius 2 is 1.78 bits per heavy atom. The monoisotopic (exact) mass is 567 g/mol. The molecule has 1 heterocycles. The molecular weight excluding hydrogens is 546 g/mol. The van der Waals surface area contributed by atoms with Gasteiger partial charge in [-0.2, -0.15) is 0 Å². The molecule has 7 nitrogen and oxygen atoms in total. The van der Waals surface area contributed by atoms with E-state index in [4.69, 9.17) is 14.2 Å². The molecule has 2 amide bonds. The highest BCUT2D eigenvalue weighted by molar-refractivity contribution is 9.10. The number of rotatable bonds is 8. The number of halogens is 1. The van der Waals surface area contributed by atoms with Crippen LogP contribution in [0.1, 0.15) is 21.5 Å². The molecule has 1 aliphatic rings. The third kappa shape index (κ3) is 5.98. The first-order valence-electron chi connectivity index (χ1n) is 11.0. The van der Waals surface area contributed by atoms with Crippen LogP contribution >= 0.6 is 27.7 Å². The zero-order valence-corrected chi connectivity index (χ0v) is 21.9. The van der Waals surface area contributed by atoms with Crippen LogP contribution in [0.3, 0.4) is 0 Å². The maximum Gasteiger partial charge on any atom is 0.344 e. The molecule has 0 unspecified atom stereocenters. The smallest absolute Gasteiger partial charge is 0.344 e. The van der Waals surface area contributed by atoms with Gasteiger partial charge in [-0.15, -0.1) is 0 Å². The normalized spacial score (nSPS) is 14.3. The zero-order chi connectivity index (χ0) is 25.7. The van der Waals surface area contributed by atoms with Gasteiger partial charge in [0.1, 0.15) is 12.4 Å². The van der Waals surface area contributed by atoms with Gasteiger partial charge < -0.3 is 14.2 Å². The lowest BCUT2D eigenvalue weighted by Crippen LogP contribution is -2.32. The lowest BCUT2D eigenvalue weighted by atomic mass is 10.1. The van der Waals surface area contributed by atoms with Gasteiger partial charge >= 0.3 is 5.97 Å². The van der Waals surface area contributed by atoms with Crippen molar-refractivity contribution in [2.45, 2.75) is 6.92 Å². The minimum absolute atomic E-state index is 0.142. The number of methoxy groups -OCH3 is 1. The van der Waals surface area contributed by atoms with Gasteiger partial charge in [0.05, 0.1) is 24.1 Å². The number of esters is 1. The Morgan fingerprint density at radius 1 is 1.03 bits per heavy atom. The van der Waals surface area contributed by atoms with Gasteiger partial charge in [-0.05, 0) is 82.7 Å². The summed E-state index contributed by atoms with van der Waals surface area (Å²) in [5.74, 6) is 0.297. The number of imide groups is 1. The second-order valence-corrected chi connectivity index (χ2v) is 9.62. The number of aryl methyl sites for hydroxylation is 1. The first-order valence-corrected chi connectivity index (χ1v) is 12.6. The lowest BCUT2D eigenvalue weighted by Gasteiger charge is -2.13. The van der Waals surface area contributed by atoms with E-state index in [0.717, 1.165) is 22.2 Å². The van der Waals surface area contributed by atoms with Crippen LogP contribution < -0.4 is 14.2 Å². The third-order valence-electron chi connectivity index (χ3n) is 5.26. The summed E-state index contributed by atoms with van der Waals surface area (Å²) < 4.78 is 17.2. The summed E-state index contributed by atoms with van der Waals surface area (Å²) in [5, 5.41) is -0.357. The number of nitrogens with zero attached hydrogens (tertiary/aromatic N) is 1. The van der Waals surface area contributed by atoms with Crippen LogP contribution in [0.15, 0.2) is 76.1 Å². The van der Waals surface area contributed by atoms with Gasteiger partial charge in [0.15, 0.2) is 11.5 Å². The van der Waals surface area contributed by atoms with E-state index in [1.54, 1.807) is 48.5 Å². The number of thioether (sulfide) groups is 1. The van der Waals surface area contributed by atoms with Gasteiger partial charge in [0.2, 0.25) is 0 Å². The SMILES string of the molecule is COc1cc(/C=C2\SC(=O)N(CCOc3ccc(C)cc3)C2=O)ccc1OC(=O)c1ccccc1Br. The van der Waals surface area contributed by atoms with Crippen LogP contribution in [0.2, 0.25) is 0 Å². The van der Waals surface area contributed by atoms with Gasteiger partial charge in [0.25, 0.3) is 11.1 Å². The van der Waals surface area contributed by atoms with Gasteiger partial charge in [0, 0.05) is 4.47 Å². The summed E-state index contributed by atoms with van der Waals surface area (Å²) >= 11 is 4.20. The number of benzene rings is 3. The summed E-state index contributed by atoms with van der Waals surface area (Å²) in [7, 11) is 1.46. The van der Waals surface area contributed by atoms with Crippen molar-refractivity contribution in [2.75, 3.05) is 20.3 Å². The fourth-order valence-corrected chi connectivity index (χ4v) is 4.68. The number of carbonyl (C=O) groups is 3. The van der Waals surface area contributed by atoms with Crippen LogP contribution in [-0.4, -0.2) is 42.3 Å². The molecule has 0 atom stereocenters. The molecule has 184 valence electrons. The quantitative estimate of drug-likeness (QED) is 0.185. The topological polar surface area (TPSA) is 82.1 Å². The summed E-state index contributed by atoms with van der Waals surface area (Å²) in [4.78, 5) is 39.2. The largest absolute Gasteiger partial charge is 0.493 e. The van der Waals surface area contributed by atoms with E-state index in [0.29, 0.717) is 27.1 Å². The molecule has 0 bridgehead atoms. The van der Waals surface area contributed by atoms with Crippen molar-refractivity contribution in [2.24, 2.45) is 0 Å². The summed E-state index contributed by atoms with van der Waals surface area (Å²) in [6.07, 6.45) is 1.60. The molecule has 0 spiro atoms. The number of carbonyl (C=O) groups excluding carboxylic acids is 3. The number of amides is 2. The van der Waals surface area contributed by atoms with E-state index in [9.17, 15) is 14.4 Å². The van der Waals surface area contributed by atoms with Crippen LogP contribution in [0.25, 0.3) is 6.08 Å². The van der Waals surface area contributed by atoms with E-state index >= 15 is 0 Å². The maximum absolute atomic E-state index is 12.8. The van der Waals surface area contributed by atoms with E-state index in [2.05, 4.69) is 15.9 Å². The molecule has 1 aliphatic heterocycles. The van der Waals surface area contributed by atoms with Gasteiger partial charge in [-0.25, -0.2) is 4.79 Å².